The predicted molar refractivity (Wildman–Crippen MR) is 190 cm³/mol. The highest BCUT2D eigenvalue weighted by Gasteiger charge is 2.37. The van der Waals surface area contributed by atoms with Crippen molar-refractivity contribution >= 4 is 21.8 Å². The van der Waals surface area contributed by atoms with E-state index in [2.05, 4.69) is 158 Å². The molecule has 0 bridgehead atoms. The van der Waals surface area contributed by atoms with Gasteiger partial charge in [-0.25, -0.2) is 9.97 Å². The Kier molecular flexibility index (Phi) is 5.85. The van der Waals surface area contributed by atoms with Gasteiger partial charge in [-0.15, -0.1) is 0 Å². The van der Waals surface area contributed by atoms with E-state index in [4.69, 9.17) is 9.97 Å². The average molecular weight is 590 g/mol. The molecule has 6 aromatic carbocycles. The largest absolute Gasteiger partial charge is 0.309 e. The lowest BCUT2D eigenvalue weighted by Crippen LogP contribution is -2.14. The maximum atomic E-state index is 5.11. The van der Waals surface area contributed by atoms with E-state index in [0.29, 0.717) is 5.82 Å². The molecule has 0 saturated carbocycles. The van der Waals surface area contributed by atoms with Gasteiger partial charge in [0.05, 0.1) is 22.4 Å². The molecule has 0 aliphatic heterocycles. The maximum absolute atomic E-state index is 5.11. The van der Waals surface area contributed by atoms with Crippen LogP contribution in [-0.2, 0) is 5.41 Å². The van der Waals surface area contributed by atoms with Gasteiger partial charge in [0.2, 0.25) is 0 Å². The van der Waals surface area contributed by atoms with E-state index in [9.17, 15) is 0 Å². The van der Waals surface area contributed by atoms with Gasteiger partial charge in [-0.3, -0.25) is 0 Å². The summed E-state index contributed by atoms with van der Waals surface area (Å²) >= 11 is 0. The van der Waals surface area contributed by atoms with Crippen LogP contribution in [0.3, 0.4) is 0 Å². The molecule has 0 atom stereocenters. The molecule has 0 N–H and O–H groups in total. The van der Waals surface area contributed by atoms with Crippen molar-refractivity contribution in [1.29, 1.82) is 0 Å². The summed E-state index contributed by atoms with van der Waals surface area (Å²) in [6.07, 6.45) is 0. The molecule has 218 valence electrons. The fourth-order valence-corrected chi connectivity index (χ4v) is 7.40. The van der Waals surface area contributed by atoms with Crippen LogP contribution in [0.1, 0.15) is 25.0 Å². The van der Waals surface area contributed by atoms with Crippen molar-refractivity contribution in [1.82, 2.24) is 14.5 Å². The summed E-state index contributed by atoms with van der Waals surface area (Å²) in [6.45, 7) is 4.69. The van der Waals surface area contributed by atoms with Gasteiger partial charge in [0.1, 0.15) is 0 Å². The summed E-state index contributed by atoms with van der Waals surface area (Å²) in [5, 5.41) is 2.58. The topological polar surface area (TPSA) is 30.7 Å². The Morgan fingerprint density at radius 1 is 0.500 bits per heavy atom. The second-order valence-electron chi connectivity index (χ2n) is 12.6. The smallest absolute Gasteiger partial charge is 0.160 e. The fraction of sp³-hybridized carbons (Fsp3) is 0.0698. The van der Waals surface area contributed by atoms with E-state index in [1.54, 1.807) is 0 Å². The Bertz CT molecular complexity index is 2380. The zero-order chi connectivity index (χ0) is 30.8. The first-order chi connectivity index (χ1) is 22.6. The van der Waals surface area contributed by atoms with Gasteiger partial charge in [-0.1, -0.05) is 135 Å². The number of rotatable bonds is 4. The Morgan fingerprint density at radius 3 is 1.87 bits per heavy atom. The Morgan fingerprint density at radius 2 is 1.13 bits per heavy atom. The van der Waals surface area contributed by atoms with Crippen LogP contribution in [0.5, 0.6) is 0 Å². The summed E-state index contributed by atoms with van der Waals surface area (Å²) in [7, 11) is 0. The third-order valence-electron chi connectivity index (χ3n) is 9.61. The van der Waals surface area contributed by atoms with Gasteiger partial charge < -0.3 is 4.57 Å². The van der Waals surface area contributed by atoms with Crippen molar-refractivity contribution in [3.63, 3.8) is 0 Å². The monoisotopic (exact) mass is 589 g/mol. The third kappa shape index (κ3) is 3.98. The molecule has 2 heterocycles. The maximum Gasteiger partial charge on any atom is 0.160 e. The van der Waals surface area contributed by atoms with Crippen LogP contribution in [-0.4, -0.2) is 14.5 Å². The molecule has 0 saturated heterocycles. The second kappa shape index (κ2) is 10.1. The molecule has 0 unspecified atom stereocenters. The van der Waals surface area contributed by atoms with Gasteiger partial charge >= 0.3 is 0 Å². The minimum Gasteiger partial charge on any atom is -0.309 e. The minimum atomic E-state index is -0.0548. The molecular formula is C43H31N3. The molecule has 3 nitrogen and oxygen atoms in total. The lowest BCUT2D eigenvalue weighted by Gasteiger charge is -2.21. The number of hydrogen-bond acceptors (Lipinski definition) is 2. The molecule has 9 rings (SSSR count). The van der Waals surface area contributed by atoms with E-state index in [0.717, 1.165) is 33.8 Å². The van der Waals surface area contributed by atoms with Crippen LogP contribution < -0.4 is 0 Å². The molecule has 3 heteroatoms. The number of hydrogen-bond donors (Lipinski definition) is 0. The Balaban J connectivity index is 1.27. The van der Waals surface area contributed by atoms with Gasteiger partial charge in [0, 0.05) is 38.6 Å². The van der Waals surface area contributed by atoms with Crippen molar-refractivity contribution in [3.05, 3.63) is 163 Å². The number of benzene rings is 6. The van der Waals surface area contributed by atoms with E-state index in [-0.39, 0.29) is 5.41 Å². The van der Waals surface area contributed by atoms with Crippen LogP contribution in [0.4, 0.5) is 0 Å². The van der Waals surface area contributed by atoms with Crippen LogP contribution in [0.25, 0.3) is 72.5 Å². The summed E-state index contributed by atoms with van der Waals surface area (Å²) in [4.78, 5) is 10.2. The average Bonchev–Trinajstić information content (AvgIpc) is 3.58. The van der Waals surface area contributed by atoms with Crippen molar-refractivity contribution in [2.24, 2.45) is 0 Å². The number of fused-ring (bicyclic) bond motifs is 7. The van der Waals surface area contributed by atoms with E-state index in [1.165, 1.54) is 44.1 Å². The highest BCUT2D eigenvalue weighted by Crippen LogP contribution is 2.53. The number of aromatic nitrogens is 3. The molecule has 2 aromatic heterocycles. The van der Waals surface area contributed by atoms with Crippen LogP contribution >= 0.6 is 0 Å². The van der Waals surface area contributed by atoms with Crippen molar-refractivity contribution < 1.29 is 0 Å². The molecule has 1 aliphatic rings. The Labute approximate surface area is 268 Å². The molecule has 46 heavy (non-hydrogen) atoms. The standard InChI is InChI=1S/C43H31N3/c1-43(2)34-22-11-9-20-32(34)40-35(43)24-25-39-41(40)33-21-10-12-23-38(33)46(39)31-19-13-18-30(26-31)42-44-36(28-14-5-3-6-15-28)27-37(45-42)29-16-7-4-8-17-29/h3-27H,1-2H3. The summed E-state index contributed by atoms with van der Waals surface area (Å²) in [5.41, 5.74) is 13.8. The molecule has 0 spiro atoms. The molecule has 1 aliphatic carbocycles. The predicted octanol–water partition coefficient (Wildman–Crippen LogP) is 10.9. The third-order valence-corrected chi connectivity index (χ3v) is 9.61. The van der Waals surface area contributed by atoms with Gasteiger partial charge in [0.25, 0.3) is 0 Å². The summed E-state index contributed by atoms with van der Waals surface area (Å²) in [6, 6.07) is 53.8. The highest BCUT2D eigenvalue weighted by molar-refractivity contribution is 6.17. The summed E-state index contributed by atoms with van der Waals surface area (Å²) < 4.78 is 2.40. The van der Waals surface area contributed by atoms with Crippen LogP contribution in [0, 0.1) is 0 Å². The zero-order valence-electron chi connectivity index (χ0n) is 25.8. The van der Waals surface area contributed by atoms with Gasteiger partial charge in [-0.2, -0.15) is 0 Å². The highest BCUT2D eigenvalue weighted by atomic mass is 15.0. The van der Waals surface area contributed by atoms with Gasteiger partial charge in [0.15, 0.2) is 5.82 Å². The first-order valence-electron chi connectivity index (χ1n) is 15.9. The zero-order valence-corrected chi connectivity index (χ0v) is 25.8. The normalized spacial score (nSPS) is 13.2. The second-order valence-corrected chi connectivity index (χ2v) is 12.6. The van der Waals surface area contributed by atoms with Crippen LogP contribution in [0.2, 0.25) is 0 Å². The first kappa shape index (κ1) is 26.6. The molecule has 8 aromatic rings. The quantitative estimate of drug-likeness (QED) is 0.204. The Hall–Kier alpha value is -5.80. The first-order valence-corrected chi connectivity index (χ1v) is 15.9. The van der Waals surface area contributed by atoms with E-state index < -0.39 is 0 Å². The number of para-hydroxylation sites is 1. The summed E-state index contributed by atoms with van der Waals surface area (Å²) in [5.74, 6) is 0.708. The number of nitrogens with zero attached hydrogens (tertiary/aromatic N) is 3. The molecule has 0 fully saturated rings. The fourth-order valence-electron chi connectivity index (χ4n) is 7.40. The van der Waals surface area contributed by atoms with Crippen molar-refractivity contribution in [2.45, 2.75) is 19.3 Å². The van der Waals surface area contributed by atoms with E-state index in [1.807, 2.05) is 12.1 Å². The van der Waals surface area contributed by atoms with Crippen molar-refractivity contribution in [2.75, 3.05) is 0 Å². The molecular weight excluding hydrogens is 558 g/mol. The lowest BCUT2D eigenvalue weighted by molar-refractivity contribution is 0.661. The van der Waals surface area contributed by atoms with Crippen LogP contribution in [0.15, 0.2) is 152 Å². The molecule has 0 amide bonds. The van der Waals surface area contributed by atoms with E-state index >= 15 is 0 Å². The van der Waals surface area contributed by atoms with Crippen molar-refractivity contribution in [3.8, 4) is 50.7 Å². The minimum absolute atomic E-state index is 0.0548. The SMILES string of the molecule is CC1(C)c2ccccc2-c2c1ccc1c2c2ccccc2n1-c1cccc(-c2nc(-c3ccccc3)cc(-c3ccccc3)n2)c1. The molecule has 0 radical (unpaired) electrons. The van der Waals surface area contributed by atoms with Gasteiger partial charge in [-0.05, 0) is 52.6 Å². The lowest BCUT2D eigenvalue weighted by atomic mass is 9.82.